The van der Waals surface area contributed by atoms with E-state index in [-0.39, 0.29) is 6.61 Å². The third-order valence-corrected chi connectivity index (χ3v) is 3.83. The van der Waals surface area contributed by atoms with Gasteiger partial charge in [-0.25, -0.2) is 0 Å². The van der Waals surface area contributed by atoms with Crippen molar-refractivity contribution in [3.05, 3.63) is 11.5 Å². The summed E-state index contributed by atoms with van der Waals surface area (Å²) in [6.07, 6.45) is 2.07. The van der Waals surface area contributed by atoms with E-state index in [1.807, 2.05) is 4.90 Å². The van der Waals surface area contributed by atoms with Crippen molar-refractivity contribution in [1.29, 1.82) is 5.26 Å². The molecule has 2 rings (SSSR count). The van der Waals surface area contributed by atoms with E-state index in [0.29, 0.717) is 11.5 Å². The minimum absolute atomic E-state index is 0.101. The van der Waals surface area contributed by atoms with Crippen molar-refractivity contribution >= 4 is 11.9 Å². The second-order valence-electron chi connectivity index (χ2n) is 4.97. The molecule has 2 heterocycles. The number of esters is 2. The summed E-state index contributed by atoms with van der Waals surface area (Å²) in [5.74, 6) is -2.78. The van der Waals surface area contributed by atoms with Crippen LogP contribution >= 0.6 is 0 Å². The predicted octanol–water partition coefficient (Wildman–Crippen LogP) is 0.426. The molecule has 1 saturated heterocycles. The van der Waals surface area contributed by atoms with Crippen molar-refractivity contribution in [3.8, 4) is 6.07 Å². The maximum absolute atomic E-state index is 11.9. The largest absolute Gasteiger partial charge is 0.478 e. The van der Waals surface area contributed by atoms with Gasteiger partial charge < -0.3 is 19.1 Å². The van der Waals surface area contributed by atoms with E-state index in [1.54, 1.807) is 0 Å². The predicted molar refractivity (Wildman–Crippen MR) is 70.4 cm³/mol. The van der Waals surface area contributed by atoms with Gasteiger partial charge in [0.25, 0.3) is 0 Å². The number of hydrogen-bond acceptors (Lipinski definition) is 7. The van der Waals surface area contributed by atoms with Crippen LogP contribution in [0.1, 0.15) is 12.8 Å². The second-order valence-corrected chi connectivity index (χ2v) is 4.97. The number of rotatable bonds is 4. The van der Waals surface area contributed by atoms with Gasteiger partial charge in [-0.05, 0) is 12.8 Å². The van der Waals surface area contributed by atoms with Crippen LogP contribution in [-0.2, 0) is 23.8 Å². The van der Waals surface area contributed by atoms with Crippen molar-refractivity contribution < 1.29 is 23.8 Å². The average Bonchev–Trinajstić information content (AvgIpc) is 3.15. The second kappa shape index (κ2) is 6.48. The number of carbonyl (C=O) groups excluding carboxylic acids is 2. The lowest BCUT2D eigenvalue weighted by atomic mass is 9.88. The van der Waals surface area contributed by atoms with Crippen LogP contribution in [0, 0.1) is 23.2 Å². The first-order valence-corrected chi connectivity index (χ1v) is 6.81. The van der Waals surface area contributed by atoms with Crippen LogP contribution in [0.25, 0.3) is 0 Å². The van der Waals surface area contributed by atoms with Crippen LogP contribution in [0.4, 0.5) is 0 Å². The van der Waals surface area contributed by atoms with E-state index in [1.165, 1.54) is 14.2 Å². The Labute approximate surface area is 123 Å². The number of nitriles is 1. The highest BCUT2D eigenvalue weighted by molar-refractivity contribution is 5.95. The van der Waals surface area contributed by atoms with Crippen LogP contribution < -0.4 is 0 Å². The molecule has 2 aliphatic rings. The first kappa shape index (κ1) is 15.2. The molecule has 2 aliphatic heterocycles. The summed E-state index contributed by atoms with van der Waals surface area (Å²) in [5, 5.41) is 9.41. The molecule has 0 N–H and O–H groups in total. The van der Waals surface area contributed by atoms with E-state index in [0.717, 1.165) is 25.9 Å². The lowest BCUT2D eigenvalue weighted by Gasteiger charge is -2.18. The maximum Gasteiger partial charge on any atom is 0.320 e. The van der Waals surface area contributed by atoms with Crippen molar-refractivity contribution in [2.45, 2.75) is 12.8 Å². The van der Waals surface area contributed by atoms with Crippen molar-refractivity contribution in [2.75, 3.05) is 33.9 Å². The Morgan fingerprint density at radius 1 is 1.29 bits per heavy atom. The Bertz CT molecular complexity index is 486. The smallest absolute Gasteiger partial charge is 0.320 e. The molecule has 7 heteroatoms. The van der Waals surface area contributed by atoms with E-state index >= 15 is 0 Å². The Kier molecular flexibility index (Phi) is 4.68. The lowest BCUT2D eigenvalue weighted by Crippen LogP contribution is -2.35. The van der Waals surface area contributed by atoms with Gasteiger partial charge in [-0.3, -0.25) is 9.59 Å². The fourth-order valence-corrected chi connectivity index (χ4v) is 2.74. The SMILES string of the molecule is COC(=O)C(C(=O)OC)C1COC(N2CCCC2)=C1C#N. The molecule has 0 aromatic heterocycles. The molecular formula is C14H18N2O5. The minimum atomic E-state index is -1.17. The van der Waals surface area contributed by atoms with Crippen molar-refractivity contribution in [3.63, 3.8) is 0 Å². The monoisotopic (exact) mass is 294 g/mol. The first-order valence-electron chi connectivity index (χ1n) is 6.81. The van der Waals surface area contributed by atoms with Gasteiger partial charge >= 0.3 is 11.9 Å². The van der Waals surface area contributed by atoms with Crippen LogP contribution in [0.5, 0.6) is 0 Å². The van der Waals surface area contributed by atoms with Gasteiger partial charge in [-0.1, -0.05) is 0 Å². The highest BCUT2D eigenvalue weighted by Gasteiger charge is 2.45. The number of ether oxygens (including phenoxy) is 3. The summed E-state index contributed by atoms with van der Waals surface area (Å²) in [6, 6.07) is 2.08. The minimum Gasteiger partial charge on any atom is -0.478 e. The molecule has 1 fully saturated rings. The van der Waals surface area contributed by atoms with Crippen LogP contribution in [0.3, 0.4) is 0 Å². The number of likely N-dealkylation sites (tertiary alicyclic amines) is 1. The quantitative estimate of drug-likeness (QED) is 0.548. The summed E-state index contributed by atoms with van der Waals surface area (Å²) in [6.45, 7) is 1.73. The summed E-state index contributed by atoms with van der Waals surface area (Å²) >= 11 is 0. The molecule has 0 saturated carbocycles. The molecule has 0 radical (unpaired) electrons. The fourth-order valence-electron chi connectivity index (χ4n) is 2.74. The average molecular weight is 294 g/mol. The molecular weight excluding hydrogens is 276 g/mol. The zero-order valence-corrected chi connectivity index (χ0v) is 12.1. The Hall–Kier alpha value is -2.23. The molecule has 21 heavy (non-hydrogen) atoms. The van der Waals surface area contributed by atoms with Crippen LogP contribution in [-0.4, -0.2) is 50.8 Å². The first-order chi connectivity index (χ1) is 10.1. The van der Waals surface area contributed by atoms with Gasteiger partial charge in [0.05, 0.1) is 32.3 Å². The van der Waals surface area contributed by atoms with Crippen molar-refractivity contribution in [2.24, 2.45) is 11.8 Å². The van der Waals surface area contributed by atoms with Gasteiger partial charge in [0.1, 0.15) is 6.07 Å². The molecule has 0 amide bonds. The molecule has 0 bridgehead atoms. The lowest BCUT2D eigenvalue weighted by molar-refractivity contribution is -0.161. The molecule has 1 atom stereocenters. The Morgan fingerprint density at radius 3 is 2.33 bits per heavy atom. The van der Waals surface area contributed by atoms with E-state index in [4.69, 9.17) is 4.74 Å². The van der Waals surface area contributed by atoms with E-state index < -0.39 is 23.8 Å². The third-order valence-electron chi connectivity index (χ3n) is 3.83. The van der Waals surface area contributed by atoms with Crippen LogP contribution in [0.2, 0.25) is 0 Å². The van der Waals surface area contributed by atoms with Crippen LogP contribution in [0.15, 0.2) is 11.5 Å². The zero-order valence-electron chi connectivity index (χ0n) is 12.1. The normalized spacial score (nSPS) is 21.2. The topological polar surface area (TPSA) is 88.9 Å². The van der Waals surface area contributed by atoms with Gasteiger partial charge in [-0.2, -0.15) is 5.26 Å². The molecule has 0 aromatic carbocycles. The Balaban J connectivity index is 2.31. The van der Waals surface area contributed by atoms with Gasteiger partial charge in [0.2, 0.25) is 5.88 Å². The highest BCUT2D eigenvalue weighted by Crippen LogP contribution is 2.35. The summed E-state index contributed by atoms with van der Waals surface area (Å²) in [4.78, 5) is 25.7. The highest BCUT2D eigenvalue weighted by atomic mass is 16.5. The molecule has 7 nitrogen and oxygen atoms in total. The summed E-state index contributed by atoms with van der Waals surface area (Å²) in [5.41, 5.74) is 0.317. The molecule has 0 aromatic rings. The summed E-state index contributed by atoms with van der Waals surface area (Å²) in [7, 11) is 2.40. The standard InChI is InChI=1S/C14H18N2O5/c1-19-13(17)11(14(18)20-2)10-8-21-12(9(10)7-15)16-5-3-4-6-16/h10-11H,3-6,8H2,1-2H3. The van der Waals surface area contributed by atoms with Gasteiger partial charge in [0, 0.05) is 13.1 Å². The molecule has 0 spiro atoms. The van der Waals surface area contributed by atoms with Gasteiger partial charge in [0.15, 0.2) is 5.92 Å². The molecule has 0 aliphatic carbocycles. The van der Waals surface area contributed by atoms with E-state index in [2.05, 4.69) is 15.5 Å². The number of carbonyl (C=O) groups is 2. The third kappa shape index (κ3) is 2.79. The maximum atomic E-state index is 11.9. The summed E-state index contributed by atoms with van der Waals surface area (Å²) < 4.78 is 14.9. The zero-order chi connectivity index (χ0) is 15.4. The van der Waals surface area contributed by atoms with Gasteiger partial charge in [-0.15, -0.1) is 0 Å². The number of methoxy groups -OCH3 is 2. The fraction of sp³-hybridized carbons (Fsp3) is 0.643. The molecule has 1 unspecified atom stereocenters. The Morgan fingerprint density at radius 2 is 1.86 bits per heavy atom. The molecule has 114 valence electrons. The van der Waals surface area contributed by atoms with Crippen molar-refractivity contribution in [1.82, 2.24) is 4.90 Å². The van der Waals surface area contributed by atoms with E-state index in [9.17, 15) is 14.9 Å². The number of nitrogens with zero attached hydrogens (tertiary/aromatic N) is 2. The number of hydrogen-bond donors (Lipinski definition) is 0.